The molecule has 3 amide bonds. The minimum Gasteiger partial charge on any atom is -0.479 e. The smallest absolute Gasteiger partial charge is 0.348 e. The van der Waals surface area contributed by atoms with E-state index in [-0.39, 0.29) is 6.04 Å². The van der Waals surface area contributed by atoms with E-state index in [1.165, 1.54) is 6.92 Å². The molecule has 0 aromatic heterocycles. The van der Waals surface area contributed by atoms with Gasteiger partial charge < -0.3 is 14.8 Å². The molecule has 1 saturated carbocycles. The van der Waals surface area contributed by atoms with Gasteiger partial charge in [-0.15, -0.1) is 0 Å². The zero-order valence-corrected chi connectivity index (χ0v) is 15.2. The number of carbonyl (C=O) groups excluding carboxylic acids is 3. The van der Waals surface area contributed by atoms with Gasteiger partial charge in [0.2, 0.25) is 0 Å². The van der Waals surface area contributed by atoms with E-state index >= 15 is 0 Å². The standard InChI is InChI=1S/C19H26N2O5/c1-3-16(26-15-11-5-4-6-12-15)18(23)25-13(2)17(22)21-19(24)20-14-9-7-8-10-14/h4-6,11-14,16H,3,7-10H2,1-2H3,(H2,20,21,22,24)/t13-,16+/m0/s1. The number of imide groups is 1. The third-order valence-corrected chi connectivity index (χ3v) is 4.24. The summed E-state index contributed by atoms with van der Waals surface area (Å²) in [7, 11) is 0. The van der Waals surface area contributed by atoms with Gasteiger partial charge in [0.05, 0.1) is 0 Å². The van der Waals surface area contributed by atoms with E-state index in [4.69, 9.17) is 9.47 Å². The maximum absolute atomic E-state index is 12.2. The van der Waals surface area contributed by atoms with Crippen LogP contribution in [0.5, 0.6) is 5.75 Å². The number of amides is 3. The fraction of sp³-hybridized carbons (Fsp3) is 0.526. The molecule has 1 aliphatic carbocycles. The highest BCUT2D eigenvalue weighted by atomic mass is 16.6. The summed E-state index contributed by atoms with van der Waals surface area (Å²) in [5.41, 5.74) is 0. The number of ether oxygens (including phenoxy) is 2. The Bertz CT molecular complexity index is 614. The predicted molar refractivity (Wildman–Crippen MR) is 95.6 cm³/mol. The van der Waals surface area contributed by atoms with E-state index in [1.54, 1.807) is 31.2 Å². The third kappa shape index (κ3) is 6.06. The van der Waals surface area contributed by atoms with Gasteiger partial charge in [0.1, 0.15) is 5.75 Å². The minimum atomic E-state index is -1.09. The second kappa shape index (κ2) is 9.79. The summed E-state index contributed by atoms with van der Waals surface area (Å²) >= 11 is 0. The summed E-state index contributed by atoms with van der Waals surface area (Å²) in [5, 5.41) is 4.96. The minimum absolute atomic E-state index is 0.101. The third-order valence-electron chi connectivity index (χ3n) is 4.24. The van der Waals surface area contributed by atoms with Crippen LogP contribution < -0.4 is 15.4 Å². The topological polar surface area (TPSA) is 93.7 Å². The van der Waals surface area contributed by atoms with Crippen molar-refractivity contribution in [2.75, 3.05) is 0 Å². The van der Waals surface area contributed by atoms with Gasteiger partial charge in [0.15, 0.2) is 12.2 Å². The Labute approximate surface area is 153 Å². The van der Waals surface area contributed by atoms with Crippen molar-refractivity contribution in [2.24, 2.45) is 0 Å². The number of urea groups is 1. The molecule has 0 unspecified atom stereocenters. The Kier molecular flexibility index (Phi) is 7.44. The molecule has 0 radical (unpaired) electrons. The second-order valence-electron chi connectivity index (χ2n) is 6.35. The highest BCUT2D eigenvalue weighted by Gasteiger charge is 2.27. The average Bonchev–Trinajstić information content (AvgIpc) is 3.13. The van der Waals surface area contributed by atoms with E-state index in [0.29, 0.717) is 12.2 Å². The van der Waals surface area contributed by atoms with Gasteiger partial charge in [-0.2, -0.15) is 0 Å². The van der Waals surface area contributed by atoms with Crippen molar-refractivity contribution in [3.63, 3.8) is 0 Å². The summed E-state index contributed by atoms with van der Waals surface area (Å²) < 4.78 is 10.7. The first kappa shape index (κ1) is 19.8. The van der Waals surface area contributed by atoms with Crippen LogP contribution in [0.1, 0.15) is 46.0 Å². The normalized spacial score (nSPS) is 16.4. The van der Waals surface area contributed by atoms with Crippen LogP contribution in [0.2, 0.25) is 0 Å². The van der Waals surface area contributed by atoms with Gasteiger partial charge in [-0.1, -0.05) is 38.0 Å². The molecule has 1 aromatic rings. The Balaban J connectivity index is 1.80. The van der Waals surface area contributed by atoms with Gasteiger partial charge in [-0.25, -0.2) is 9.59 Å². The molecule has 1 aromatic carbocycles. The summed E-state index contributed by atoms with van der Waals surface area (Å²) in [6.07, 6.45) is 2.47. The molecule has 0 aliphatic heterocycles. The van der Waals surface area contributed by atoms with Crippen molar-refractivity contribution >= 4 is 17.9 Å². The number of rotatable bonds is 7. The molecule has 2 N–H and O–H groups in total. The van der Waals surface area contributed by atoms with E-state index in [0.717, 1.165) is 25.7 Å². The molecule has 0 heterocycles. The van der Waals surface area contributed by atoms with Gasteiger partial charge in [0, 0.05) is 6.04 Å². The monoisotopic (exact) mass is 362 g/mol. The van der Waals surface area contributed by atoms with E-state index < -0.39 is 30.1 Å². The maximum atomic E-state index is 12.2. The summed E-state index contributed by atoms with van der Waals surface area (Å²) in [6, 6.07) is 8.45. The lowest BCUT2D eigenvalue weighted by atomic mass is 10.2. The lowest BCUT2D eigenvalue weighted by molar-refractivity contribution is -0.161. The van der Waals surface area contributed by atoms with Crippen molar-refractivity contribution in [1.29, 1.82) is 0 Å². The zero-order valence-electron chi connectivity index (χ0n) is 15.2. The van der Waals surface area contributed by atoms with Crippen LogP contribution >= 0.6 is 0 Å². The van der Waals surface area contributed by atoms with Crippen LogP contribution in [0.25, 0.3) is 0 Å². The number of benzene rings is 1. The van der Waals surface area contributed by atoms with Crippen LogP contribution in [0.4, 0.5) is 4.79 Å². The number of esters is 1. The average molecular weight is 362 g/mol. The Morgan fingerprint density at radius 2 is 1.81 bits per heavy atom. The summed E-state index contributed by atoms with van der Waals surface area (Å²) in [5.74, 6) is -0.761. The van der Waals surface area contributed by atoms with Crippen LogP contribution in [-0.2, 0) is 14.3 Å². The first-order valence-electron chi connectivity index (χ1n) is 9.03. The molecule has 0 spiro atoms. The molecule has 1 aliphatic rings. The highest BCUT2D eigenvalue weighted by Crippen LogP contribution is 2.17. The van der Waals surface area contributed by atoms with Crippen molar-refractivity contribution in [3.05, 3.63) is 30.3 Å². The number of hydrogen-bond donors (Lipinski definition) is 2. The molecule has 26 heavy (non-hydrogen) atoms. The largest absolute Gasteiger partial charge is 0.479 e. The van der Waals surface area contributed by atoms with Crippen molar-refractivity contribution in [2.45, 2.75) is 64.2 Å². The summed E-state index contributed by atoms with van der Waals surface area (Å²) in [4.78, 5) is 36.1. The highest BCUT2D eigenvalue weighted by molar-refractivity contribution is 5.97. The molecule has 7 nitrogen and oxygen atoms in total. The van der Waals surface area contributed by atoms with E-state index in [1.807, 2.05) is 6.07 Å². The molecule has 0 bridgehead atoms. The van der Waals surface area contributed by atoms with Gasteiger partial charge >= 0.3 is 12.0 Å². The maximum Gasteiger partial charge on any atom is 0.348 e. The van der Waals surface area contributed by atoms with Gasteiger partial charge in [-0.3, -0.25) is 10.1 Å². The van der Waals surface area contributed by atoms with Gasteiger partial charge in [-0.05, 0) is 38.3 Å². The van der Waals surface area contributed by atoms with Crippen LogP contribution in [-0.4, -0.2) is 36.2 Å². The van der Waals surface area contributed by atoms with Crippen LogP contribution in [0.15, 0.2) is 30.3 Å². The molecule has 2 rings (SSSR count). The fourth-order valence-corrected chi connectivity index (χ4v) is 2.77. The van der Waals surface area contributed by atoms with Crippen molar-refractivity contribution in [3.8, 4) is 5.75 Å². The van der Waals surface area contributed by atoms with E-state index in [2.05, 4.69) is 10.6 Å². The van der Waals surface area contributed by atoms with Crippen molar-refractivity contribution in [1.82, 2.24) is 10.6 Å². The first-order valence-corrected chi connectivity index (χ1v) is 9.03. The molecule has 142 valence electrons. The Hall–Kier alpha value is -2.57. The van der Waals surface area contributed by atoms with Crippen LogP contribution in [0, 0.1) is 0 Å². The molecule has 2 atom stereocenters. The zero-order chi connectivity index (χ0) is 18.9. The van der Waals surface area contributed by atoms with Crippen molar-refractivity contribution < 1.29 is 23.9 Å². The quantitative estimate of drug-likeness (QED) is 0.727. The van der Waals surface area contributed by atoms with Gasteiger partial charge in [0.25, 0.3) is 5.91 Å². The lowest BCUT2D eigenvalue weighted by Crippen LogP contribution is -2.48. The number of carbonyl (C=O) groups is 3. The number of para-hydroxylation sites is 1. The number of nitrogens with one attached hydrogen (secondary N) is 2. The molecule has 0 saturated heterocycles. The Morgan fingerprint density at radius 3 is 2.42 bits per heavy atom. The molecular weight excluding hydrogens is 336 g/mol. The number of hydrogen-bond acceptors (Lipinski definition) is 5. The predicted octanol–water partition coefficient (Wildman–Crippen LogP) is 2.54. The second-order valence-corrected chi connectivity index (χ2v) is 6.35. The first-order chi connectivity index (χ1) is 12.5. The van der Waals surface area contributed by atoms with E-state index in [9.17, 15) is 14.4 Å². The molecular formula is C19H26N2O5. The van der Waals surface area contributed by atoms with Crippen LogP contribution in [0.3, 0.4) is 0 Å². The molecule has 7 heteroatoms. The Morgan fingerprint density at radius 1 is 1.15 bits per heavy atom. The lowest BCUT2D eigenvalue weighted by Gasteiger charge is -2.19. The molecule has 1 fully saturated rings. The summed E-state index contributed by atoms with van der Waals surface area (Å²) in [6.45, 7) is 3.21. The fourth-order valence-electron chi connectivity index (χ4n) is 2.77. The SMILES string of the molecule is CC[C@@H](Oc1ccccc1)C(=O)O[C@@H](C)C(=O)NC(=O)NC1CCCC1.